The first-order valence-electron chi connectivity index (χ1n) is 4.68. The fourth-order valence-corrected chi connectivity index (χ4v) is 1.88. The Balaban J connectivity index is 2.34. The summed E-state index contributed by atoms with van der Waals surface area (Å²) >= 11 is 1.61. The Bertz CT molecular complexity index is 229. The number of aliphatic hydroxyl groups excluding tert-OH is 2. The van der Waals surface area contributed by atoms with Gasteiger partial charge in [-0.2, -0.15) is 0 Å². The molecule has 0 aromatic carbocycles. The Morgan fingerprint density at radius 3 is 2.71 bits per heavy atom. The van der Waals surface area contributed by atoms with Gasteiger partial charge in [-0.15, -0.1) is 11.3 Å². The lowest BCUT2D eigenvalue weighted by atomic mass is 10.3. The highest BCUT2D eigenvalue weighted by Gasteiger charge is 2.05. The van der Waals surface area contributed by atoms with Crippen LogP contribution in [0.2, 0.25) is 0 Å². The average molecular weight is 216 g/mol. The van der Waals surface area contributed by atoms with E-state index >= 15 is 0 Å². The molecular formula is C9H16N2O2S. The topological polar surface area (TPSA) is 56.6 Å². The number of aromatic nitrogens is 1. The summed E-state index contributed by atoms with van der Waals surface area (Å²) in [4.78, 5) is 7.30. The van der Waals surface area contributed by atoms with Gasteiger partial charge in [-0.1, -0.05) is 0 Å². The second-order valence-electron chi connectivity index (χ2n) is 3.04. The van der Waals surface area contributed by atoms with Gasteiger partial charge in [0, 0.05) is 37.3 Å². The molecule has 0 bridgehead atoms. The van der Waals surface area contributed by atoms with E-state index in [9.17, 15) is 0 Å². The van der Waals surface area contributed by atoms with E-state index in [1.807, 2.05) is 6.20 Å². The average Bonchev–Trinajstić information content (AvgIpc) is 2.67. The van der Waals surface area contributed by atoms with Crippen LogP contribution < -0.4 is 0 Å². The van der Waals surface area contributed by atoms with Crippen LogP contribution in [0.25, 0.3) is 0 Å². The fraction of sp³-hybridized carbons (Fsp3) is 0.667. The number of nitrogens with zero attached hydrogens (tertiary/aromatic N) is 2. The number of hydrogen-bond donors (Lipinski definition) is 2. The van der Waals surface area contributed by atoms with Crippen LogP contribution in [-0.2, 0) is 6.54 Å². The molecule has 0 saturated heterocycles. The van der Waals surface area contributed by atoms with Crippen molar-refractivity contribution < 1.29 is 10.2 Å². The molecule has 1 heterocycles. The van der Waals surface area contributed by atoms with E-state index in [0.717, 1.165) is 19.5 Å². The Morgan fingerprint density at radius 1 is 1.29 bits per heavy atom. The van der Waals surface area contributed by atoms with Crippen LogP contribution in [0.5, 0.6) is 0 Å². The highest BCUT2D eigenvalue weighted by molar-refractivity contribution is 7.09. The van der Waals surface area contributed by atoms with Gasteiger partial charge in [0.15, 0.2) is 0 Å². The summed E-state index contributed by atoms with van der Waals surface area (Å²) in [6.07, 6.45) is 2.59. The molecule has 5 heteroatoms. The molecule has 0 atom stereocenters. The van der Waals surface area contributed by atoms with E-state index in [0.29, 0.717) is 6.54 Å². The molecule has 0 spiro atoms. The van der Waals surface area contributed by atoms with Crippen LogP contribution in [-0.4, -0.2) is 46.4 Å². The predicted molar refractivity (Wildman–Crippen MR) is 56.2 cm³/mol. The minimum Gasteiger partial charge on any atom is -0.396 e. The van der Waals surface area contributed by atoms with Gasteiger partial charge in [-0.05, 0) is 6.42 Å². The molecule has 4 nitrogen and oxygen atoms in total. The highest BCUT2D eigenvalue weighted by atomic mass is 32.1. The third kappa shape index (κ3) is 4.15. The van der Waals surface area contributed by atoms with Gasteiger partial charge in [0.05, 0.1) is 12.1 Å². The number of aliphatic hydroxyl groups is 2. The summed E-state index contributed by atoms with van der Waals surface area (Å²) in [7, 11) is 0. The van der Waals surface area contributed by atoms with E-state index in [1.165, 1.54) is 4.88 Å². The molecule has 0 fully saturated rings. The number of rotatable bonds is 7. The lowest BCUT2D eigenvalue weighted by Gasteiger charge is -2.19. The quantitative estimate of drug-likeness (QED) is 0.689. The molecule has 14 heavy (non-hydrogen) atoms. The van der Waals surface area contributed by atoms with Crippen LogP contribution in [0.4, 0.5) is 0 Å². The van der Waals surface area contributed by atoms with E-state index in [2.05, 4.69) is 9.88 Å². The molecule has 0 aliphatic carbocycles. The summed E-state index contributed by atoms with van der Waals surface area (Å²) in [5.74, 6) is 0. The molecule has 0 unspecified atom stereocenters. The minimum atomic E-state index is 0.157. The zero-order chi connectivity index (χ0) is 10.2. The second-order valence-corrected chi connectivity index (χ2v) is 4.02. The van der Waals surface area contributed by atoms with Crippen molar-refractivity contribution in [1.82, 2.24) is 9.88 Å². The Hall–Kier alpha value is -0.490. The van der Waals surface area contributed by atoms with Gasteiger partial charge in [0.1, 0.15) is 0 Å². The molecule has 0 saturated carbocycles. The van der Waals surface area contributed by atoms with E-state index < -0.39 is 0 Å². The maximum atomic E-state index is 8.85. The summed E-state index contributed by atoms with van der Waals surface area (Å²) < 4.78 is 0. The van der Waals surface area contributed by atoms with Crippen molar-refractivity contribution in [3.05, 3.63) is 16.6 Å². The molecule has 0 radical (unpaired) electrons. The van der Waals surface area contributed by atoms with Crippen LogP contribution in [0.15, 0.2) is 11.7 Å². The maximum absolute atomic E-state index is 8.85. The molecule has 1 aromatic heterocycles. The van der Waals surface area contributed by atoms with Crippen molar-refractivity contribution in [3.8, 4) is 0 Å². The highest BCUT2D eigenvalue weighted by Crippen LogP contribution is 2.09. The monoisotopic (exact) mass is 216 g/mol. The third-order valence-electron chi connectivity index (χ3n) is 1.91. The first-order chi connectivity index (χ1) is 6.86. The summed E-state index contributed by atoms with van der Waals surface area (Å²) in [5, 5.41) is 17.6. The van der Waals surface area contributed by atoms with Gasteiger partial charge in [0.25, 0.3) is 0 Å². The molecule has 1 aromatic rings. The molecule has 2 N–H and O–H groups in total. The van der Waals surface area contributed by atoms with E-state index in [4.69, 9.17) is 10.2 Å². The zero-order valence-electron chi connectivity index (χ0n) is 8.09. The van der Waals surface area contributed by atoms with Crippen LogP contribution in [0.3, 0.4) is 0 Å². The second kappa shape index (κ2) is 6.89. The van der Waals surface area contributed by atoms with Gasteiger partial charge >= 0.3 is 0 Å². The number of hydrogen-bond acceptors (Lipinski definition) is 5. The van der Waals surface area contributed by atoms with Crippen molar-refractivity contribution in [2.24, 2.45) is 0 Å². The summed E-state index contributed by atoms with van der Waals surface area (Å²) in [6, 6.07) is 0. The third-order valence-corrected chi connectivity index (χ3v) is 2.68. The first-order valence-corrected chi connectivity index (χ1v) is 5.56. The SMILES string of the molecule is OCCCN(CCO)Cc1cncs1. The van der Waals surface area contributed by atoms with Gasteiger partial charge in [-0.25, -0.2) is 0 Å². The standard InChI is InChI=1S/C9H16N2O2S/c12-4-1-2-11(3-5-13)7-9-6-10-8-14-9/h6,8,12-13H,1-5,7H2. The molecule has 0 amide bonds. The smallest absolute Gasteiger partial charge is 0.0794 e. The van der Waals surface area contributed by atoms with Crippen LogP contribution in [0.1, 0.15) is 11.3 Å². The number of thiazole rings is 1. The van der Waals surface area contributed by atoms with Crippen molar-refractivity contribution in [2.45, 2.75) is 13.0 Å². The predicted octanol–water partition coefficient (Wildman–Crippen LogP) is 0.320. The van der Waals surface area contributed by atoms with Crippen molar-refractivity contribution in [1.29, 1.82) is 0 Å². The van der Waals surface area contributed by atoms with Crippen LogP contribution >= 0.6 is 11.3 Å². The minimum absolute atomic E-state index is 0.157. The van der Waals surface area contributed by atoms with E-state index in [1.54, 1.807) is 16.8 Å². The zero-order valence-corrected chi connectivity index (χ0v) is 8.91. The lowest BCUT2D eigenvalue weighted by Crippen LogP contribution is -2.27. The van der Waals surface area contributed by atoms with Gasteiger partial charge < -0.3 is 10.2 Å². The van der Waals surface area contributed by atoms with Crippen molar-refractivity contribution >= 4 is 11.3 Å². The molecule has 80 valence electrons. The Labute approximate surface area is 87.8 Å². The molecule has 0 aliphatic rings. The largest absolute Gasteiger partial charge is 0.396 e. The fourth-order valence-electron chi connectivity index (χ4n) is 1.25. The Morgan fingerprint density at radius 2 is 2.14 bits per heavy atom. The Kier molecular flexibility index (Phi) is 5.70. The summed E-state index contributed by atoms with van der Waals surface area (Å²) in [5.41, 5.74) is 1.80. The molecule has 0 aliphatic heterocycles. The van der Waals surface area contributed by atoms with Crippen molar-refractivity contribution in [2.75, 3.05) is 26.3 Å². The summed E-state index contributed by atoms with van der Waals surface area (Å²) in [6.45, 7) is 2.63. The van der Waals surface area contributed by atoms with Gasteiger partial charge in [-0.3, -0.25) is 9.88 Å². The van der Waals surface area contributed by atoms with Gasteiger partial charge in [0.2, 0.25) is 0 Å². The maximum Gasteiger partial charge on any atom is 0.0794 e. The first kappa shape index (κ1) is 11.6. The molecular weight excluding hydrogens is 200 g/mol. The van der Waals surface area contributed by atoms with E-state index in [-0.39, 0.29) is 13.2 Å². The molecule has 1 rings (SSSR count). The van der Waals surface area contributed by atoms with Crippen molar-refractivity contribution in [3.63, 3.8) is 0 Å². The lowest BCUT2D eigenvalue weighted by molar-refractivity contribution is 0.175. The normalized spacial score (nSPS) is 11.1. The van der Waals surface area contributed by atoms with Crippen LogP contribution in [0, 0.1) is 0 Å².